The molecule has 0 amide bonds. The number of phenols is 2. The van der Waals surface area contributed by atoms with Crippen LogP contribution in [0.5, 0.6) is 11.5 Å². The van der Waals surface area contributed by atoms with Crippen LogP contribution in [0.2, 0.25) is 0 Å². The molecule has 0 fully saturated rings. The maximum atomic E-state index is 12.3. The molecule has 0 unspecified atom stereocenters. The van der Waals surface area contributed by atoms with Crippen LogP contribution in [-0.2, 0) is 41.7 Å². The van der Waals surface area contributed by atoms with Crippen molar-refractivity contribution in [2.75, 3.05) is 0 Å². The molecule has 2 rings (SSSR count). The van der Waals surface area contributed by atoms with E-state index >= 15 is 0 Å². The van der Waals surface area contributed by atoms with Crippen LogP contribution in [0.3, 0.4) is 0 Å². The summed E-state index contributed by atoms with van der Waals surface area (Å²) in [5.41, 5.74) is 1.14. The molecule has 0 atom stereocenters. The minimum absolute atomic E-state index is 0.153. The van der Waals surface area contributed by atoms with E-state index in [2.05, 4.69) is 9.88 Å². The summed E-state index contributed by atoms with van der Waals surface area (Å²) in [6, 6.07) is 6.19. The zero-order valence-electron chi connectivity index (χ0n) is 15.0. The summed E-state index contributed by atoms with van der Waals surface area (Å²) in [6.45, 7) is 1.70. The highest BCUT2D eigenvalue weighted by Gasteiger charge is 2.27. The predicted octanol–water partition coefficient (Wildman–Crippen LogP) is 3.21. The molecule has 0 aliphatic heterocycles. The Morgan fingerprint density at radius 1 is 0.741 bits per heavy atom. The lowest BCUT2D eigenvalue weighted by molar-refractivity contribution is -0.144. The van der Waals surface area contributed by atoms with Gasteiger partial charge in [-0.05, 0) is 44.4 Å². The van der Waals surface area contributed by atoms with Gasteiger partial charge in [-0.2, -0.15) is 9.88 Å². The largest absolute Gasteiger partial charge is 0.507 e. The molecule has 0 spiro atoms. The molecule has 148 valence electrons. The van der Waals surface area contributed by atoms with Crippen LogP contribution in [0.15, 0.2) is 24.3 Å². The fraction of sp³-hybridized carbons (Fsp3) is 0.368. The van der Waals surface area contributed by atoms with E-state index in [1.807, 2.05) is 13.8 Å². The van der Waals surface area contributed by atoms with Gasteiger partial charge in [0.2, 0.25) is 0 Å². The van der Waals surface area contributed by atoms with Crippen LogP contribution >= 0.6 is 0 Å². The molecule has 4 N–H and O–H groups in total. The minimum Gasteiger partial charge on any atom is -0.507 e. The lowest BCUT2D eigenvalue weighted by atomic mass is 9.76. The molecule has 0 heterocycles. The fourth-order valence-corrected chi connectivity index (χ4v) is 2.99. The number of halogens is 2. The van der Waals surface area contributed by atoms with Crippen LogP contribution in [0.1, 0.15) is 47.2 Å². The average molecular weight is 384 g/mol. The predicted molar refractivity (Wildman–Crippen MR) is 92.0 cm³/mol. The molecule has 2 aromatic carbocycles. The van der Waals surface area contributed by atoms with Gasteiger partial charge >= 0.3 is 0 Å². The molecule has 0 bridgehead atoms. The number of benzene rings is 2. The maximum absolute atomic E-state index is 12.3. The second-order valence-electron chi connectivity index (χ2n) is 6.73. The molecule has 0 aliphatic rings. The van der Waals surface area contributed by atoms with E-state index in [-0.39, 0.29) is 33.8 Å². The summed E-state index contributed by atoms with van der Waals surface area (Å²) in [6.07, 6.45) is 0. The van der Waals surface area contributed by atoms with Crippen molar-refractivity contribution < 1.29 is 39.4 Å². The molecule has 0 aliphatic carbocycles. The third-order valence-electron chi connectivity index (χ3n) is 4.74. The van der Waals surface area contributed by atoms with E-state index in [0.717, 1.165) is 0 Å². The smallest absolute Gasteiger partial charge is 0.126 e. The van der Waals surface area contributed by atoms with E-state index in [0.29, 0.717) is 11.1 Å². The van der Waals surface area contributed by atoms with Crippen molar-refractivity contribution in [3.63, 3.8) is 0 Å². The summed E-state index contributed by atoms with van der Waals surface area (Å²) in [5.74, 6) is -0.522. The first kappa shape index (κ1) is 21.0. The maximum Gasteiger partial charge on any atom is 0.126 e. The highest BCUT2D eigenvalue weighted by atomic mass is 19.3. The Morgan fingerprint density at radius 3 is 1.37 bits per heavy atom. The van der Waals surface area contributed by atoms with Crippen LogP contribution in [0.25, 0.3) is 0 Å². The zero-order chi connectivity index (χ0) is 20.2. The van der Waals surface area contributed by atoms with Crippen molar-refractivity contribution in [3.05, 3.63) is 57.6 Å². The molecule has 0 saturated heterocycles. The molecular weight excluding hydrogens is 362 g/mol. The average Bonchev–Trinajstić information content (AvgIpc) is 2.65. The summed E-state index contributed by atoms with van der Waals surface area (Å²) >= 11 is 0. The number of aliphatic hydroxyl groups excluding tert-OH is 2. The monoisotopic (exact) mass is 384 g/mol. The van der Waals surface area contributed by atoms with Gasteiger partial charge in [-0.15, -0.1) is 0 Å². The minimum atomic E-state index is -0.772. The summed E-state index contributed by atoms with van der Waals surface area (Å²) < 4.78 is 24.7. The number of aromatic hydroxyl groups is 2. The Kier molecular flexibility index (Phi) is 6.72. The van der Waals surface area contributed by atoms with Gasteiger partial charge in [0.25, 0.3) is 0 Å². The Hall–Kier alpha value is -2.26. The van der Waals surface area contributed by atoms with Gasteiger partial charge in [0.15, 0.2) is 0 Å². The number of rotatable bonds is 8. The second kappa shape index (κ2) is 8.62. The molecular formula is C19H22F2O6. The summed E-state index contributed by atoms with van der Waals surface area (Å²) in [5, 5.41) is 39.1. The van der Waals surface area contributed by atoms with Crippen LogP contribution in [-0.4, -0.2) is 20.4 Å². The Bertz CT molecular complexity index is 742. The molecule has 2 aromatic rings. The first-order valence-electron chi connectivity index (χ1n) is 8.19. The molecule has 6 nitrogen and oxygen atoms in total. The quantitative estimate of drug-likeness (QED) is 0.558. The molecule has 0 radical (unpaired) electrons. The second-order valence-corrected chi connectivity index (χ2v) is 6.73. The van der Waals surface area contributed by atoms with Crippen LogP contribution in [0, 0.1) is 0 Å². The number of hydrogen-bond acceptors (Lipinski definition) is 6. The lowest BCUT2D eigenvalue weighted by Crippen LogP contribution is -2.20. The third-order valence-corrected chi connectivity index (χ3v) is 4.74. The standard InChI is InChI=1S/C19H22F2O6/c1-19(2,15-3-11(7-22)17(24)13(5-15)9-26-20)16-4-12(8-23)18(25)14(6-16)10-27-21/h3-6,22-25H,7-10H2,1-2H3. The van der Waals surface area contributed by atoms with Gasteiger partial charge in [0, 0.05) is 27.7 Å². The van der Waals surface area contributed by atoms with Gasteiger partial charge in [-0.25, -0.2) is 0 Å². The molecule has 27 heavy (non-hydrogen) atoms. The van der Waals surface area contributed by atoms with Crippen molar-refractivity contribution in [1.82, 2.24) is 0 Å². The van der Waals surface area contributed by atoms with Crippen molar-refractivity contribution in [3.8, 4) is 11.5 Å². The Balaban J connectivity index is 2.64. The zero-order valence-corrected chi connectivity index (χ0v) is 15.0. The Labute approximate surface area is 155 Å². The number of aliphatic hydroxyl groups is 2. The SMILES string of the molecule is CC(C)(c1cc(CO)c(O)c(COF)c1)c1cc(CO)c(O)c(COF)c1. The highest BCUT2D eigenvalue weighted by Crippen LogP contribution is 2.39. The van der Waals surface area contributed by atoms with E-state index in [4.69, 9.17) is 0 Å². The van der Waals surface area contributed by atoms with E-state index in [9.17, 15) is 29.5 Å². The fourth-order valence-electron chi connectivity index (χ4n) is 2.99. The normalized spacial score (nSPS) is 11.8. The third kappa shape index (κ3) is 4.19. The Morgan fingerprint density at radius 2 is 1.07 bits per heavy atom. The molecule has 0 aromatic heterocycles. The van der Waals surface area contributed by atoms with Crippen LogP contribution in [0.4, 0.5) is 9.05 Å². The number of hydrogen-bond donors (Lipinski definition) is 4. The van der Waals surface area contributed by atoms with Crippen molar-refractivity contribution in [2.45, 2.75) is 45.7 Å². The van der Waals surface area contributed by atoms with Gasteiger partial charge in [0.1, 0.15) is 24.7 Å². The van der Waals surface area contributed by atoms with E-state index in [1.165, 1.54) is 12.1 Å². The van der Waals surface area contributed by atoms with Crippen molar-refractivity contribution in [1.29, 1.82) is 0 Å². The topological polar surface area (TPSA) is 99.4 Å². The first-order chi connectivity index (χ1) is 12.8. The van der Waals surface area contributed by atoms with Gasteiger partial charge in [0.05, 0.1) is 13.2 Å². The molecule has 0 saturated carbocycles. The van der Waals surface area contributed by atoms with Crippen molar-refractivity contribution in [2.24, 2.45) is 0 Å². The van der Waals surface area contributed by atoms with Gasteiger partial charge < -0.3 is 20.4 Å². The van der Waals surface area contributed by atoms with Crippen LogP contribution < -0.4 is 0 Å². The molecule has 8 heteroatoms. The van der Waals surface area contributed by atoms with Gasteiger partial charge in [-0.1, -0.05) is 13.8 Å². The summed E-state index contributed by atoms with van der Waals surface area (Å²) in [7, 11) is 0. The first-order valence-corrected chi connectivity index (χ1v) is 8.19. The lowest BCUT2D eigenvalue weighted by Gasteiger charge is -2.29. The van der Waals surface area contributed by atoms with E-state index < -0.39 is 31.8 Å². The highest BCUT2D eigenvalue weighted by molar-refractivity contribution is 5.52. The van der Waals surface area contributed by atoms with Gasteiger partial charge in [-0.3, -0.25) is 0 Å². The van der Waals surface area contributed by atoms with Crippen molar-refractivity contribution >= 4 is 0 Å². The summed E-state index contributed by atoms with van der Waals surface area (Å²) in [4.78, 5) is 7.24. The van der Waals surface area contributed by atoms with E-state index in [1.54, 1.807) is 12.1 Å².